The number of furan rings is 1. The van der Waals surface area contributed by atoms with Crippen LogP contribution in [0.3, 0.4) is 0 Å². The van der Waals surface area contributed by atoms with Gasteiger partial charge >= 0.3 is 0 Å². The first kappa shape index (κ1) is 14.3. The third-order valence-corrected chi connectivity index (χ3v) is 4.21. The Morgan fingerprint density at radius 2 is 1.76 bits per heavy atom. The maximum Gasteiger partial charge on any atom is 0.163 e. The van der Waals surface area contributed by atoms with Crippen LogP contribution in [0, 0.1) is 13.8 Å². The van der Waals surface area contributed by atoms with Gasteiger partial charge in [0.05, 0.1) is 11.7 Å². The van der Waals surface area contributed by atoms with Crippen LogP contribution in [0.15, 0.2) is 27.1 Å². The van der Waals surface area contributed by atoms with E-state index in [-0.39, 0.29) is 6.04 Å². The number of halogens is 1. The summed E-state index contributed by atoms with van der Waals surface area (Å²) in [5.41, 5.74) is 2.14. The van der Waals surface area contributed by atoms with Crippen molar-refractivity contribution in [3.05, 3.63) is 39.8 Å². The Balaban J connectivity index is 1.86. The van der Waals surface area contributed by atoms with E-state index < -0.39 is 0 Å². The normalized spacial score (nSPS) is 14.9. The largest absolute Gasteiger partial charge is 0.486 e. The molecule has 0 amide bonds. The summed E-state index contributed by atoms with van der Waals surface area (Å²) in [4.78, 5) is 0. The van der Waals surface area contributed by atoms with E-state index >= 15 is 0 Å². The lowest BCUT2D eigenvalue weighted by Gasteiger charge is -2.22. The first-order valence-electron chi connectivity index (χ1n) is 6.97. The van der Waals surface area contributed by atoms with Crippen molar-refractivity contribution in [3.63, 3.8) is 0 Å². The zero-order valence-corrected chi connectivity index (χ0v) is 13.9. The minimum absolute atomic E-state index is 0.140. The number of aryl methyl sites for hydroxylation is 2. The van der Waals surface area contributed by atoms with Gasteiger partial charge in [-0.05, 0) is 42.8 Å². The number of hydrogen-bond acceptors (Lipinski definition) is 4. The average Bonchev–Trinajstić information content (AvgIpc) is 2.78. The molecule has 1 aliphatic heterocycles. The second-order valence-corrected chi connectivity index (χ2v) is 6.06. The van der Waals surface area contributed by atoms with Crippen LogP contribution in [-0.4, -0.2) is 13.2 Å². The minimum atomic E-state index is 0.140. The molecule has 0 radical (unpaired) electrons. The number of anilines is 1. The fraction of sp³-hybridized carbons (Fsp3) is 0.375. The first-order valence-corrected chi connectivity index (χ1v) is 7.76. The molecule has 4 nitrogen and oxygen atoms in total. The highest BCUT2D eigenvalue weighted by Gasteiger charge is 2.18. The van der Waals surface area contributed by atoms with E-state index in [0.717, 1.165) is 38.7 Å². The molecule has 1 N–H and O–H groups in total. The summed E-state index contributed by atoms with van der Waals surface area (Å²) >= 11 is 3.58. The lowest BCUT2D eigenvalue weighted by Crippen LogP contribution is -2.16. The highest BCUT2D eigenvalue weighted by Crippen LogP contribution is 2.39. The Morgan fingerprint density at radius 1 is 1.10 bits per heavy atom. The molecule has 21 heavy (non-hydrogen) atoms. The molecule has 1 aliphatic rings. The Kier molecular flexibility index (Phi) is 3.85. The van der Waals surface area contributed by atoms with Crippen LogP contribution < -0.4 is 14.8 Å². The molecule has 0 bridgehead atoms. The predicted molar refractivity (Wildman–Crippen MR) is 85.4 cm³/mol. The van der Waals surface area contributed by atoms with Gasteiger partial charge in [0.1, 0.15) is 24.7 Å². The van der Waals surface area contributed by atoms with Crippen molar-refractivity contribution < 1.29 is 13.9 Å². The van der Waals surface area contributed by atoms with Crippen molar-refractivity contribution in [2.24, 2.45) is 0 Å². The van der Waals surface area contributed by atoms with E-state index in [1.165, 1.54) is 0 Å². The van der Waals surface area contributed by atoms with Gasteiger partial charge in [0.15, 0.2) is 11.5 Å². The van der Waals surface area contributed by atoms with Crippen molar-refractivity contribution >= 4 is 21.6 Å². The van der Waals surface area contributed by atoms with Crippen LogP contribution in [0.5, 0.6) is 11.5 Å². The van der Waals surface area contributed by atoms with Crippen molar-refractivity contribution in [2.45, 2.75) is 26.8 Å². The molecule has 0 spiro atoms. The molecule has 1 aromatic carbocycles. The van der Waals surface area contributed by atoms with Crippen LogP contribution in [0.2, 0.25) is 0 Å². The SMILES string of the molecule is Cc1cc(C(C)Nc2cc3c(cc2Br)OCCO3)c(C)o1. The number of rotatable bonds is 3. The highest BCUT2D eigenvalue weighted by atomic mass is 79.9. The summed E-state index contributed by atoms with van der Waals surface area (Å²) in [5.74, 6) is 3.43. The van der Waals surface area contributed by atoms with Gasteiger partial charge < -0.3 is 19.2 Å². The van der Waals surface area contributed by atoms with Crippen LogP contribution in [0.1, 0.15) is 30.0 Å². The number of fused-ring (bicyclic) bond motifs is 1. The van der Waals surface area contributed by atoms with Gasteiger partial charge in [-0.1, -0.05) is 0 Å². The standard InChI is InChI=1S/C16H18BrNO3/c1-9-6-12(11(3)21-9)10(2)18-14-8-16-15(7-13(14)17)19-4-5-20-16/h6-8,10,18H,4-5H2,1-3H3. The third kappa shape index (κ3) is 2.88. The van der Waals surface area contributed by atoms with E-state index in [0.29, 0.717) is 13.2 Å². The number of hydrogen-bond donors (Lipinski definition) is 1. The molecule has 1 unspecified atom stereocenters. The summed E-state index contributed by atoms with van der Waals surface area (Å²) in [5, 5.41) is 3.49. The second-order valence-electron chi connectivity index (χ2n) is 5.21. The Labute approximate surface area is 132 Å². The maximum atomic E-state index is 5.63. The Bertz CT molecular complexity index is 666. The quantitative estimate of drug-likeness (QED) is 0.877. The molecule has 0 saturated carbocycles. The molecule has 0 saturated heterocycles. The van der Waals surface area contributed by atoms with Crippen LogP contribution in [0.25, 0.3) is 0 Å². The first-order chi connectivity index (χ1) is 10.0. The Hall–Kier alpha value is -1.62. The molecule has 0 fully saturated rings. The third-order valence-electron chi connectivity index (χ3n) is 3.55. The van der Waals surface area contributed by atoms with Crippen molar-refractivity contribution in [1.82, 2.24) is 0 Å². The molecular weight excluding hydrogens is 334 g/mol. The number of ether oxygens (including phenoxy) is 2. The van der Waals surface area contributed by atoms with E-state index in [4.69, 9.17) is 13.9 Å². The van der Waals surface area contributed by atoms with Crippen molar-refractivity contribution in [3.8, 4) is 11.5 Å². The van der Waals surface area contributed by atoms with E-state index in [1.54, 1.807) is 0 Å². The minimum Gasteiger partial charge on any atom is -0.486 e. The number of benzene rings is 1. The summed E-state index contributed by atoms with van der Waals surface area (Å²) in [6, 6.07) is 6.12. The van der Waals surface area contributed by atoms with Gasteiger partial charge in [-0.15, -0.1) is 0 Å². The van der Waals surface area contributed by atoms with Gasteiger partial charge in [0.25, 0.3) is 0 Å². The fourth-order valence-corrected chi connectivity index (χ4v) is 3.00. The zero-order chi connectivity index (χ0) is 15.0. The topological polar surface area (TPSA) is 43.6 Å². The molecular formula is C16H18BrNO3. The summed E-state index contributed by atoms with van der Waals surface area (Å²) < 4.78 is 17.8. The van der Waals surface area contributed by atoms with E-state index in [1.807, 2.05) is 26.0 Å². The fourth-order valence-electron chi connectivity index (χ4n) is 2.57. The van der Waals surface area contributed by atoms with Crippen molar-refractivity contribution in [1.29, 1.82) is 0 Å². The van der Waals surface area contributed by atoms with Crippen molar-refractivity contribution in [2.75, 3.05) is 18.5 Å². The second kappa shape index (κ2) is 5.64. The maximum absolute atomic E-state index is 5.63. The van der Waals surface area contributed by atoms with Crippen LogP contribution in [0.4, 0.5) is 5.69 Å². The summed E-state index contributed by atoms with van der Waals surface area (Å²) in [6.45, 7) is 7.24. The Morgan fingerprint density at radius 3 is 2.38 bits per heavy atom. The van der Waals surface area contributed by atoms with Gasteiger partial charge in [-0.25, -0.2) is 0 Å². The summed E-state index contributed by atoms with van der Waals surface area (Å²) in [7, 11) is 0. The van der Waals surface area contributed by atoms with Crippen LogP contribution >= 0.6 is 15.9 Å². The van der Waals surface area contributed by atoms with E-state index in [9.17, 15) is 0 Å². The molecule has 112 valence electrons. The highest BCUT2D eigenvalue weighted by molar-refractivity contribution is 9.10. The number of nitrogens with one attached hydrogen (secondary N) is 1. The van der Waals surface area contributed by atoms with Gasteiger partial charge in [0, 0.05) is 22.2 Å². The molecule has 0 aliphatic carbocycles. The zero-order valence-electron chi connectivity index (χ0n) is 12.3. The molecule has 5 heteroatoms. The molecule has 1 atom stereocenters. The summed E-state index contributed by atoms with van der Waals surface area (Å²) in [6.07, 6.45) is 0. The van der Waals surface area contributed by atoms with Gasteiger partial charge in [-0.3, -0.25) is 0 Å². The molecule has 1 aromatic heterocycles. The lowest BCUT2D eigenvalue weighted by atomic mass is 10.1. The molecule has 3 rings (SSSR count). The monoisotopic (exact) mass is 351 g/mol. The van der Waals surface area contributed by atoms with E-state index in [2.05, 4.69) is 34.2 Å². The average molecular weight is 352 g/mol. The predicted octanol–water partition coefficient (Wildman–Crippen LogP) is 4.60. The molecule has 2 aromatic rings. The lowest BCUT2D eigenvalue weighted by molar-refractivity contribution is 0.171. The van der Waals surface area contributed by atoms with Gasteiger partial charge in [-0.2, -0.15) is 0 Å². The molecule has 2 heterocycles. The van der Waals surface area contributed by atoms with Gasteiger partial charge in [0.2, 0.25) is 0 Å². The smallest absolute Gasteiger partial charge is 0.163 e. The van der Waals surface area contributed by atoms with Crippen LogP contribution in [-0.2, 0) is 0 Å².